The summed E-state index contributed by atoms with van der Waals surface area (Å²) in [5, 5.41) is 19.1. The highest BCUT2D eigenvalue weighted by Crippen LogP contribution is 2.31. The lowest BCUT2D eigenvalue weighted by molar-refractivity contribution is 0.252. The quantitative estimate of drug-likeness (QED) is 0.874. The summed E-state index contributed by atoms with van der Waals surface area (Å²) >= 11 is 0. The molecular weight excluding hydrogens is 228 g/mol. The molecule has 2 aromatic rings. The molecule has 0 aliphatic heterocycles. The topological polar surface area (TPSA) is 68.0 Å². The van der Waals surface area contributed by atoms with Crippen LogP contribution in [-0.2, 0) is 0 Å². The number of anilines is 1. The predicted molar refractivity (Wildman–Crippen MR) is 68.2 cm³/mol. The van der Waals surface area contributed by atoms with Crippen LogP contribution in [-0.4, -0.2) is 31.3 Å². The second kappa shape index (κ2) is 4.51. The molecule has 0 saturated heterocycles. The molecule has 2 aromatic heterocycles. The van der Waals surface area contributed by atoms with Crippen LogP contribution in [0.5, 0.6) is 0 Å². The SMILES string of the molecule is C[C@@H]1[C@@H](C)CCC[C@H]1Nc1ccc2nnnn2n1. The summed E-state index contributed by atoms with van der Waals surface area (Å²) in [5.74, 6) is 2.29. The third-order valence-electron chi connectivity index (χ3n) is 4.11. The Bertz CT molecular complexity index is 536. The highest BCUT2D eigenvalue weighted by Gasteiger charge is 2.27. The summed E-state index contributed by atoms with van der Waals surface area (Å²) in [5.41, 5.74) is 0.672. The molecule has 0 aromatic carbocycles. The van der Waals surface area contributed by atoms with E-state index < -0.39 is 0 Å². The molecule has 1 fully saturated rings. The standard InChI is InChI=1S/C12H18N6/c1-8-4-3-5-10(9(8)2)13-11-6-7-12-14-16-17-18(12)15-11/h6-10H,3-5H2,1-2H3,(H,13,15)/t8-,9+,10+/m0/s1. The molecule has 1 N–H and O–H groups in total. The molecule has 1 saturated carbocycles. The average Bonchev–Trinajstić information content (AvgIpc) is 2.82. The van der Waals surface area contributed by atoms with E-state index in [0.717, 1.165) is 11.7 Å². The molecule has 18 heavy (non-hydrogen) atoms. The van der Waals surface area contributed by atoms with Crippen molar-refractivity contribution < 1.29 is 0 Å². The first-order valence-corrected chi connectivity index (χ1v) is 6.56. The minimum Gasteiger partial charge on any atom is -0.366 e. The Labute approximate surface area is 106 Å². The Morgan fingerprint density at radius 2 is 2.17 bits per heavy atom. The third kappa shape index (κ3) is 2.02. The molecular formula is C12H18N6. The van der Waals surface area contributed by atoms with E-state index in [0.29, 0.717) is 17.6 Å². The smallest absolute Gasteiger partial charge is 0.200 e. The number of hydrogen-bond acceptors (Lipinski definition) is 5. The first-order valence-electron chi connectivity index (χ1n) is 6.56. The normalized spacial score (nSPS) is 28.4. The van der Waals surface area contributed by atoms with Crippen LogP contribution in [0.1, 0.15) is 33.1 Å². The Morgan fingerprint density at radius 3 is 3.06 bits per heavy atom. The molecule has 0 radical (unpaired) electrons. The zero-order chi connectivity index (χ0) is 12.5. The maximum Gasteiger partial charge on any atom is 0.200 e. The minimum atomic E-state index is 0.496. The van der Waals surface area contributed by atoms with E-state index in [1.807, 2.05) is 12.1 Å². The number of nitrogens with one attached hydrogen (secondary N) is 1. The van der Waals surface area contributed by atoms with Crippen molar-refractivity contribution in [2.24, 2.45) is 11.8 Å². The van der Waals surface area contributed by atoms with E-state index in [1.165, 1.54) is 23.9 Å². The van der Waals surface area contributed by atoms with Crippen molar-refractivity contribution in [3.8, 4) is 0 Å². The summed E-state index contributed by atoms with van der Waals surface area (Å²) in [6, 6.07) is 4.32. The molecule has 0 unspecified atom stereocenters. The monoisotopic (exact) mass is 246 g/mol. The van der Waals surface area contributed by atoms with Gasteiger partial charge in [0.05, 0.1) is 0 Å². The fourth-order valence-electron chi connectivity index (χ4n) is 2.70. The first-order chi connectivity index (χ1) is 8.74. The van der Waals surface area contributed by atoms with Gasteiger partial charge in [-0.15, -0.1) is 14.8 Å². The average molecular weight is 246 g/mol. The number of nitrogens with zero attached hydrogens (tertiary/aromatic N) is 5. The van der Waals surface area contributed by atoms with E-state index in [4.69, 9.17) is 0 Å². The van der Waals surface area contributed by atoms with Gasteiger partial charge in [0.1, 0.15) is 5.82 Å². The van der Waals surface area contributed by atoms with Crippen molar-refractivity contribution in [2.75, 3.05) is 5.32 Å². The number of fused-ring (bicyclic) bond motifs is 1. The van der Waals surface area contributed by atoms with Crippen molar-refractivity contribution in [1.29, 1.82) is 0 Å². The maximum atomic E-state index is 4.36. The van der Waals surface area contributed by atoms with Crippen molar-refractivity contribution in [3.63, 3.8) is 0 Å². The minimum absolute atomic E-state index is 0.496. The van der Waals surface area contributed by atoms with Crippen molar-refractivity contribution in [2.45, 2.75) is 39.2 Å². The lowest BCUT2D eigenvalue weighted by atomic mass is 9.78. The van der Waals surface area contributed by atoms with Crippen molar-refractivity contribution >= 4 is 11.5 Å². The predicted octanol–water partition coefficient (Wildman–Crippen LogP) is 1.76. The number of aromatic nitrogens is 5. The van der Waals surface area contributed by atoms with Gasteiger partial charge in [-0.1, -0.05) is 26.7 Å². The first kappa shape index (κ1) is 11.4. The summed E-state index contributed by atoms with van der Waals surface area (Å²) in [6.45, 7) is 4.65. The van der Waals surface area contributed by atoms with Gasteiger partial charge in [-0.2, -0.15) is 0 Å². The number of tetrazole rings is 1. The molecule has 96 valence electrons. The van der Waals surface area contributed by atoms with Crippen molar-refractivity contribution in [1.82, 2.24) is 25.3 Å². The highest BCUT2D eigenvalue weighted by molar-refractivity contribution is 5.42. The summed E-state index contributed by atoms with van der Waals surface area (Å²) in [7, 11) is 0. The highest BCUT2D eigenvalue weighted by atomic mass is 15.6. The molecule has 0 amide bonds. The Morgan fingerprint density at radius 1 is 1.28 bits per heavy atom. The Kier molecular flexibility index (Phi) is 2.85. The summed E-state index contributed by atoms with van der Waals surface area (Å²) < 4.78 is 1.46. The molecule has 3 rings (SSSR count). The van der Waals surface area contributed by atoms with Gasteiger partial charge in [0.2, 0.25) is 0 Å². The van der Waals surface area contributed by atoms with Gasteiger partial charge in [-0.25, -0.2) is 0 Å². The van der Waals surface area contributed by atoms with Crippen LogP contribution in [0.3, 0.4) is 0 Å². The van der Waals surface area contributed by atoms with Gasteiger partial charge < -0.3 is 5.32 Å². The Balaban J connectivity index is 1.78. The second-order valence-electron chi connectivity index (χ2n) is 5.26. The molecule has 6 nitrogen and oxygen atoms in total. The van der Waals surface area contributed by atoms with Crippen LogP contribution in [0.2, 0.25) is 0 Å². The van der Waals surface area contributed by atoms with Crippen LogP contribution in [0.25, 0.3) is 5.65 Å². The summed E-state index contributed by atoms with van der Waals surface area (Å²) in [6.07, 6.45) is 3.83. The maximum absolute atomic E-state index is 4.36. The van der Waals surface area contributed by atoms with Gasteiger partial charge in [0, 0.05) is 6.04 Å². The van der Waals surface area contributed by atoms with Crippen LogP contribution in [0.15, 0.2) is 12.1 Å². The van der Waals surface area contributed by atoms with Gasteiger partial charge in [-0.05, 0) is 40.8 Å². The van der Waals surface area contributed by atoms with Gasteiger partial charge in [-0.3, -0.25) is 0 Å². The second-order valence-corrected chi connectivity index (χ2v) is 5.26. The van der Waals surface area contributed by atoms with E-state index in [9.17, 15) is 0 Å². The fraction of sp³-hybridized carbons (Fsp3) is 0.667. The van der Waals surface area contributed by atoms with Crippen LogP contribution >= 0.6 is 0 Å². The zero-order valence-electron chi connectivity index (χ0n) is 10.7. The van der Waals surface area contributed by atoms with E-state index >= 15 is 0 Å². The molecule has 3 atom stereocenters. The molecule has 0 spiro atoms. The number of hydrogen-bond donors (Lipinski definition) is 1. The van der Waals surface area contributed by atoms with Gasteiger partial charge in [0.15, 0.2) is 5.65 Å². The van der Waals surface area contributed by atoms with Crippen molar-refractivity contribution in [3.05, 3.63) is 12.1 Å². The van der Waals surface area contributed by atoms with E-state index in [-0.39, 0.29) is 0 Å². The summed E-state index contributed by atoms with van der Waals surface area (Å²) in [4.78, 5) is 0. The molecule has 6 heteroatoms. The fourth-order valence-corrected chi connectivity index (χ4v) is 2.70. The van der Waals surface area contributed by atoms with E-state index in [2.05, 4.69) is 39.8 Å². The number of rotatable bonds is 2. The zero-order valence-corrected chi connectivity index (χ0v) is 10.7. The van der Waals surface area contributed by atoms with Crippen LogP contribution < -0.4 is 5.32 Å². The van der Waals surface area contributed by atoms with Crippen LogP contribution in [0, 0.1) is 11.8 Å². The lowest BCUT2D eigenvalue weighted by Gasteiger charge is -2.34. The molecule has 0 bridgehead atoms. The third-order valence-corrected chi connectivity index (χ3v) is 4.11. The Hall–Kier alpha value is -1.72. The molecule has 1 aliphatic rings. The lowest BCUT2D eigenvalue weighted by Crippen LogP contribution is -2.35. The molecule has 1 aliphatic carbocycles. The van der Waals surface area contributed by atoms with Gasteiger partial charge in [0.25, 0.3) is 0 Å². The molecule has 2 heterocycles. The van der Waals surface area contributed by atoms with E-state index in [1.54, 1.807) is 0 Å². The largest absolute Gasteiger partial charge is 0.366 e. The van der Waals surface area contributed by atoms with Gasteiger partial charge >= 0.3 is 0 Å². The van der Waals surface area contributed by atoms with Crippen LogP contribution in [0.4, 0.5) is 5.82 Å².